The van der Waals surface area contributed by atoms with Crippen LogP contribution >= 0.6 is 11.6 Å². The monoisotopic (exact) mass is 595 g/mol. The quantitative estimate of drug-likeness (QED) is 0.317. The molecule has 4 heterocycles. The van der Waals surface area contributed by atoms with Crippen molar-refractivity contribution in [3.8, 4) is 17.6 Å². The molecule has 0 unspecified atom stereocenters. The summed E-state index contributed by atoms with van der Waals surface area (Å²) in [7, 11) is 0. The van der Waals surface area contributed by atoms with Gasteiger partial charge in [-0.05, 0) is 49.7 Å². The Bertz CT molecular complexity index is 1560. The van der Waals surface area contributed by atoms with E-state index >= 15 is 0 Å². The Kier molecular flexibility index (Phi) is 7.87. The van der Waals surface area contributed by atoms with Crippen molar-refractivity contribution in [1.29, 1.82) is 0 Å². The number of carbonyl (C=O) groups is 2. The lowest BCUT2D eigenvalue weighted by Gasteiger charge is -2.30. The predicted octanol–water partition coefficient (Wildman–Crippen LogP) is 1.61. The number of anilines is 1. The van der Waals surface area contributed by atoms with Gasteiger partial charge in [-0.2, -0.15) is 0 Å². The maximum Gasteiger partial charge on any atom is 0.415 e. The molecule has 0 bridgehead atoms. The fourth-order valence-corrected chi connectivity index (χ4v) is 5.25. The number of ether oxygens (including phenoxy) is 2. The SMILES string of the molecule is Nc1nc(C#CCC2CCN(C(=O)Oc3ccccc3Cl)CC2)nc2c1ncn2[C@@H]1O[C@H](C(=O)NC2CC2)[C@@H](O)[C@H]1O. The molecule has 3 aliphatic rings. The number of fused-ring (bicyclic) bond motifs is 1. The third-order valence-electron chi connectivity index (χ3n) is 7.64. The van der Waals surface area contributed by atoms with Crippen LogP contribution in [0.3, 0.4) is 0 Å². The number of amides is 2. The van der Waals surface area contributed by atoms with E-state index in [0.29, 0.717) is 30.3 Å². The summed E-state index contributed by atoms with van der Waals surface area (Å²) in [6.45, 7) is 1.08. The summed E-state index contributed by atoms with van der Waals surface area (Å²) in [5, 5.41) is 24.3. The predicted molar refractivity (Wildman–Crippen MR) is 150 cm³/mol. The van der Waals surface area contributed by atoms with Gasteiger partial charge in [0.1, 0.15) is 17.7 Å². The van der Waals surface area contributed by atoms with Gasteiger partial charge in [0.15, 0.2) is 29.5 Å². The summed E-state index contributed by atoms with van der Waals surface area (Å²) in [4.78, 5) is 39.6. The molecule has 4 atom stereocenters. The Hall–Kier alpha value is -3.96. The molecule has 3 fully saturated rings. The van der Waals surface area contributed by atoms with Crippen LogP contribution in [0.1, 0.15) is 44.2 Å². The van der Waals surface area contributed by atoms with Crippen LogP contribution in [0.25, 0.3) is 11.2 Å². The largest absolute Gasteiger partial charge is 0.415 e. The molecule has 13 nitrogen and oxygen atoms in total. The van der Waals surface area contributed by atoms with Crippen LogP contribution in [-0.2, 0) is 9.53 Å². The number of nitrogens with zero attached hydrogens (tertiary/aromatic N) is 5. The van der Waals surface area contributed by atoms with Crippen molar-refractivity contribution in [2.75, 3.05) is 18.8 Å². The smallest absolute Gasteiger partial charge is 0.409 e. The van der Waals surface area contributed by atoms with Crippen molar-refractivity contribution in [3.05, 3.63) is 41.4 Å². The first-order valence-corrected chi connectivity index (χ1v) is 14.2. The molecule has 0 spiro atoms. The first kappa shape index (κ1) is 28.2. The number of imidazole rings is 1. The molecule has 1 aromatic carbocycles. The minimum absolute atomic E-state index is 0.0792. The maximum absolute atomic E-state index is 12.5. The van der Waals surface area contributed by atoms with Crippen LogP contribution in [0, 0.1) is 17.8 Å². The summed E-state index contributed by atoms with van der Waals surface area (Å²) in [5.74, 6) is 6.46. The molecule has 14 heteroatoms. The number of nitrogen functional groups attached to an aromatic ring is 1. The van der Waals surface area contributed by atoms with Crippen LogP contribution in [0.2, 0.25) is 5.02 Å². The average Bonchev–Trinajstić information content (AvgIpc) is 3.61. The number of hydrogen-bond donors (Lipinski definition) is 4. The molecule has 6 rings (SSSR count). The molecular weight excluding hydrogens is 566 g/mol. The van der Waals surface area contributed by atoms with E-state index in [1.165, 1.54) is 10.9 Å². The number of hydrogen-bond acceptors (Lipinski definition) is 10. The molecule has 2 aliphatic heterocycles. The summed E-state index contributed by atoms with van der Waals surface area (Å²) in [6.07, 6.45) is -0.357. The van der Waals surface area contributed by atoms with Crippen LogP contribution < -0.4 is 15.8 Å². The Morgan fingerprint density at radius 2 is 1.90 bits per heavy atom. The first-order chi connectivity index (χ1) is 20.3. The second-order valence-corrected chi connectivity index (χ2v) is 11.1. The number of likely N-dealkylation sites (tertiary alicyclic amines) is 1. The minimum Gasteiger partial charge on any atom is -0.409 e. The van der Waals surface area contributed by atoms with Crippen LogP contribution in [-0.4, -0.2) is 84.1 Å². The Labute approximate surface area is 246 Å². The van der Waals surface area contributed by atoms with Gasteiger partial charge >= 0.3 is 6.09 Å². The summed E-state index contributed by atoms with van der Waals surface area (Å²) >= 11 is 6.09. The maximum atomic E-state index is 12.5. The Morgan fingerprint density at radius 3 is 2.64 bits per heavy atom. The molecule has 2 amide bonds. The van der Waals surface area contributed by atoms with Crippen molar-refractivity contribution in [3.63, 3.8) is 0 Å². The van der Waals surface area contributed by atoms with E-state index in [2.05, 4.69) is 32.1 Å². The molecule has 0 radical (unpaired) electrons. The zero-order valence-corrected chi connectivity index (χ0v) is 23.3. The number of nitrogens with two attached hydrogens (primary N) is 1. The fraction of sp³-hybridized carbons (Fsp3) is 0.464. The van der Waals surface area contributed by atoms with Crippen molar-refractivity contribution >= 4 is 40.6 Å². The van der Waals surface area contributed by atoms with Gasteiger partial charge in [0.05, 0.1) is 11.3 Å². The molecular formula is C28H30ClN7O6. The topological polar surface area (TPSA) is 178 Å². The third kappa shape index (κ3) is 5.84. The lowest BCUT2D eigenvalue weighted by Crippen LogP contribution is -2.43. The highest BCUT2D eigenvalue weighted by molar-refractivity contribution is 6.32. The number of nitrogens with one attached hydrogen (secondary N) is 1. The van der Waals surface area contributed by atoms with Gasteiger partial charge in [-0.1, -0.05) is 29.7 Å². The van der Waals surface area contributed by atoms with Crippen LogP contribution in [0.15, 0.2) is 30.6 Å². The summed E-state index contributed by atoms with van der Waals surface area (Å²) in [5.41, 5.74) is 6.67. The van der Waals surface area contributed by atoms with Crippen molar-refractivity contribution < 1.29 is 29.3 Å². The van der Waals surface area contributed by atoms with Crippen molar-refractivity contribution in [1.82, 2.24) is 29.7 Å². The number of aromatic nitrogens is 4. The number of rotatable bonds is 5. The van der Waals surface area contributed by atoms with Gasteiger partial charge in [-0.25, -0.2) is 19.7 Å². The number of carbonyl (C=O) groups excluding carboxylic acids is 2. The number of para-hydroxylation sites is 1. The molecule has 42 heavy (non-hydrogen) atoms. The Morgan fingerprint density at radius 1 is 1.14 bits per heavy atom. The van der Waals surface area contributed by atoms with Gasteiger partial charge in [0, 0.05) is 25.6 Å². The Balaban J connectivity index is 1.08. The number of aliphatic hydroxyl groups is 2. The lowest BCUT2D eigenvalue weighted by atomic mass is 9.94. The lowest BCUT2D eigenvalue weighted by molar-refractivity contribution is -0.137. The van der Waals surface area contributed by atoms with Gasteiger partial charge in [-0.3, -0.25) is 9.36 Å². The minimum atomic E-state index is -1.42. The van der Waals surface area contributed by atoms with E-state index in [9.17, 15) is 19.8 Å². The summed E-state index contributed by atoms with van der Waals surface area (Å²) < 4.78 is 12.6. The molecule has 1 saturated carbocycles. The van der Waals surface area contributed by atoms with E-state index in [1.807, 2.05) is 0 Å². The van der Waals surface area contributed by atoms with E-state index in [-0.39, 0.29) is 34.8 Å². The molecule has 220 valence electrons. The van der Waals surface area contributed by atoms with E-state index in [4.69, 9.17) is 26.8 Å². The van der Waals surface area contributed by atoms with Gasteiger partial charge in [0.2, 0.25) is 5.82 Å². The molecule has 2 aromatic heterocycles. The van der Waals surface area contributed by atoms with Crippen molar-refractivity contribution in [2.45, 2.75) is 62.7 Å². The number of piperidine rings is 1. The highest BCUT2D eigenvalue weighted by Gasteiger charge is 2.48. The van der Waals surface area contributed by atoms with E-state index in [0.717, 1.165) is 25.7 Å². The van der Waals surface area contributed by atoms with E-state index in [1.54, 1.807) is 29.2 Å². The van der Waals surface area contributed by atoms with Gasteiger partial charge < -0.3 is 35.6 Å². The van der Waals surface area contributed by atoms with E-state index < -0.39 is 36.5 Å². The second kappa shape index (κ2) is 11.7. The molecule has 5 N–H and O–H groups in total. The van der Waals surface area contributed by atoms with Crippen molar-refractivity contribution in [2.24, 2.45) is 5.92 Å². The average molecular weight is 596 g/mol. The highest BCUT2D eigenvalue weighted by Crippen LogP contribution is 2.33. The molecule has 1 aliphatic carbocycles. The molecule has 3 aromatic rings. The standard InChI is InChI=1S/C28H30ClN7O6/c29-17-5-1-2-6-18(17)41-28(40)35-12-10-15(11-13-35)4-3-7-19-33-24(30)20-25(34-19)36(14-31-20)27-22(38)21(37)23(42-27)26(39)32-16-8-9-16/h1-2,5-6,14-16,21-23,27,37-38H,4,8-13H2,(H,32,39)(H2,30,33,34)/t21-,22+,23-,27+/m0/s1. The van der Waals surface area contributed by atoms with Crippen LogP contribution in [0.4, 0.5) is 10.6 Å². The number of halogens is 1. The van der Waals surface area contributed by atoms with Gasteiger partial charge in [0.25, 0.3) is 5.91 Å². The highest BCUT2D eigenvalue weighted by atomic mass is 35.5. The zero-order chi connectivity index (χ0) is 29.4. The normalized spacial score (nSPS) is 24.3. The molecule has 2 saturated heterocycles. The fourth-order valence-electron chi connectivity index (χ4n) is 5.08. The number of benzene rings is 1. The third-order valence-corrected chi connectivity index (χ3v) is 7.95. The first-order valence-electron chi connectivity index (χ1n) is 13.8. The number of aliphatic hydroxyl groups excluding tert-OH is 2. The van der Waals surface area contributed by atoms with Crippen LogP contribution in [0.5, 0.6) is 5.75 Å². The zero-order valence-electron chi connectivity index (χ0n) is 22.5. The summed E-state index contributed by atoms with van der Waals surface area (Å²) in [6, 6.07) is 6.92. The van der Waals surface area contributed by atoms with Gasteiger partial charge in [-0.15, -0.1) is 0 Å². The second-order valence-electron chi connectivity index (χ2n) is 10.7.